The summed E-state index contributed by atoms with van der Waals surface area (Å²) >= 11 is 6.00. The Kier molecular flexibility index (Phi) is 5.89. The van der Waals surface area contributed by atoms with Gasteiger partial charge in [0, 0.05) is 31.6 Å². The lowest BCUT2D eigenvalue weighted by molar-refractivity contribution is -0.384. The number of nitrogens with one attached hydrogen (secondary N) is 1. The van der Waals surface area contributed by atoms with Gasteiger partial charge in [-0.3, -0.25) is 19.7 Å². The summed E-state index contributed by atoms with van der Waals surface area (Å²) in [7, 11) is 0. The van der Waals surface area contributed by atoms with Crippen LogP contribution in [0.3, 0.4) is 0 Å². The van der Waals surface area contributed by atoms with Gasteiger partial charge in [0.25, 0.3) is 5.69 Å². The number of carbonyl (C=O) groups is 2. The van der Waals surface area contributed by atoms with E-state index in [4.69, 9.17) is 11.6 Å². The smallest absolute Gasteiger partial charge is 0.271 e. The molecule has 146 valence electrons. The normalized spacial score (nSPS) is 16.3. The van der Waals surface area contributed by atoms with Crippen molar-refractivity contribution in [3.05, 3.63) is 69.0 Å². The zero-order valence-electron chi connectivity index (χ0n) is 14.7. The second-order valence-electron chi connectivity index (χ2n) is 6.53. The molecule has 1 N–H and O–H groups in total. The molecule has 2 amide bonds. The highest BCUT2D eigenvalue weighted by Crippen LogP contribution is 2.28. The van der Waals surface area contributed by atoms with E-state index in [9.17, 15) is 24.1 Å². The van der Waals surface area contributed by atoms with Gasteiger partial charge in [0.2, 0.25) is 11.8 Å². The van der Waals surface area contributed by atoms with Gasteiger partial charge in [-0.2, -0.15) is 0 Å². The predicted molar refractivity (Wildman–Crippen MR) is 102 cm³/mol. The van der Waals surface area contributed by atoms with Crippen LogP contribution in [0.5, 0.6) is 0 Å². The molecule has 1 aliphatic heterocycles. The van der Waals surface area contributed by atoms with E-state index >= 15 is 0 Å². The Morgan fingerprint density at radius 3 is 2.68 bits per heavy atom. The van der Waals surface area contributed by atoms with Crippen molar-refractivity contribution in [3.8, 4) is 0 Å². The van der Waals surface area contributed by atoms with E-state index in [-0.39, 0.29) is 41.1 Å². The van der Waals surface area contributed by atoms with Crippen molar-refractivity contribution in [2.75, 3.05) is 18.4 Å². The highest BCUT2D eigenvalue weighted by molar-refractivity contribution is 6.33. The predicted octanol–water partition coefficient (Wildman–Crippen LogP) is 3.42. The molecule has 1 aliphatic rings. The maximum absolute atomic E-state index is 13.0. The standard InChI is InChI=1S/C19H17ClFN3O4/c20-16-6-5-15(24(27)28)10-17(16)22-19(26)13-9-18(25)23(11-13)8-7-12-1-3-14(21)4-2-12/h1-6,10,13H,7-9,11H2,(H,22,26)/t13-/m0/s1. The number of nitrogens with zero attached hydrogens (tertiary/aromatic N) is 2. The topological polar surface area (TPSA) is 92.5 Å². The fourth-order valence-corrected chi connectivity index (χ4v) is 3.20. The van der Waals surface area contributed by atoms with Crippen LogP contribution in [0.4, 0.5) is 15.8 Å². The molecule has 1 fully saturated rings. The lowest BCUT2D eigenvalue weighted by atomic mass is 10.1. The van der Waals surface area contributed by atoms with Gasteiger partial charge in [0.1, 0.15) is 5.82 Å². The molecule has 2 aromatic rings. The van der Waals surface area contributed by atoms with Gasteiger partial charge in [0.15, 0.2) is 0 Å². The van der Waals surface area contributed by atoms with Crippen LogP contribution in [-0.4, -0.2) is 34.7 Å². The van der Waals surface area contributed by atoms with Crippen LogP contribution in [0.25, 0.3) is 0 Å². The minimum Gasteiger partial charge on any atom is -0.342 e. The molecule has 1 heterocycles. The molecular weight excluding hydrogens is 389 g/mol. The highest BCUT2D eigenvalue weighted by Gasteiger charge is 2.34. The Morgan fingerprint density at radius 1 is 1.29 bits per heavy atom. The molecule has 9 heteroatoms. The van der Waals surface area contributed by atoms with Crippen LogP contribution >= 0.6 is 11.6 Å². The van der Waals surface area contributed by atoms with Gasteiger partial charge in [-0.05, 0) is 30.2 Å². The van der Waals surface area contributed by atoms with Crippen molar-refractivity contribution in [1.82, 2.24) is 4.90 Å². The molecule has 2 aromatic carbocycles. The first-order chi connectivity index (χ1) is 13.3. The highest BCUT2D eigenvalue weighted by atomic mass is 35.5. The Morgan fingerprint density at radius 2 is 2.00 bits per heavy atom. The van der Waals surface area contributed by atoms with Gasteiger partial charge in [-0.15, -0.1) is 0 Å². The maximum Gasteiger partial charge on any atom is 0.271 e. The second kappa shape index (κ2) is 8.35. The van der Waals surface area contributed by atoms with E-state index in [0.29, 0.717) is 13.0 Å². The number of amides is 2. The third-order valence-corrected chi connectivity index (χ3v) is 4.92. The monoisotopic (exact) mass is 405 g/mol. The van der Waals surface area contributed by atoms with Crippen molar-refractivity contribution in [1.29, 1.82) is 0 Å². The quantitative estimate of drug-likeness (QED) is 0.588. The van der Waals surface area contributed by atoms with Crippen LogP contribution < -0.4 is 5.32 Å². The zero-order valence-corrected chi connectivity index (χ0v) is 15.5. The molecule has 0 aliphatic carbocycles. The van der Waals surface area contributed by atoms with E-state index in [1.165, 1.54) is 30.3 Å². The summed E-state index contributed by atoms with van der Waals surface area (Å²) in [6.07, 6.45) is 0.610. The van der Waals surface area contributed by atoms with Crippen LogP contribution in [0, 0.1) is 21.8 Å². The fraction of sp³-hybridized carbons (Fsp3) is 0.263. The van der Waals surface area contributed by atoms with Crippen molar-refractivity contribution in [2.45, 2.75) is 12.8 Å². The number of nitro benzene ring substituents is 1. The third-order valence-electron chi connectivity index (χ3n) is 4.59. The molecule has 0 aromatic heterocycles. The second-order valence-corrected chi connectivity index (χ2v) is 6.93. The summed E-state index contributed by atoms with van der Waals surface area (Å²) in [4.78, 5) is 36.6. The van der Waals surface area contributed by atoms with Gasteiger partial charge >= 0.3 is 0 Å². The average Bonchev–Trinajstić information content (AvgIpc) is 3.04. The van der Waals surface area contributed by atoms with E-state index in [1.807, 2.05) is 0 Å². The van der Waals surface area contributed by atoms with Crippen LogP contribution in [0.1, 0.15) is 12.0 Å². The summed E-state index contributed by atoms with van der Waals surface area (Å²) in [6, 6.07) is 9.80. The SMILES string of the molecule is O=C(Nc1cc([N+](=O)[O-])ccc1Cl)[C@H]1CC(=O)N(CCc2ccc(F)cc2)C1. The molecule has 3 rings (SSSR count). The van der Waals surface area contributed by atoms with Gasteiger partial charge < -0.3 is 10.2 Å². The third kappa shape index (κ3) is 4.64. The van der Waals surface area contributed by atoms with E-state index in [0.717, 1.165) is 5.56 Å². The minimum absolute atomic E-state index is 0.0573. The Bertz CT molecular complexity index is 920. The van der Waals surface area contributed by atoms with Gasteiger partial charge in [-0.1, -0.05) is 23.7 Å². The van der Waals surface area contributed by atoms with Crippen LogP contribution in [0.2, 0.25) is 5.02 Å². The number of benzene rings is 2. The summed E-state index contributed by atoms with van der Waals surface area (Å²) < 4.78 is 13.0. The first-order valence-electron chi connectivity index (χ1n) is 8.60. The maximum atomic E-state index is 13.0. The lowest BCUT2D eigenvalue weighted by Crippen LogP contribution is -2.30. The van der Waals surface area contributed by atoms with Crippen molar-refractivity contribution >= 4 is 34.8 Å². The summed E-state index contributed by atoms with van der Waals surface area (Å²) in [5, 5.41) is 13.6. The molecule has 1 atom stereocenters. The first kappa shape index (κ1) is 19.8. The van der Waals surface area contributed by atoms with Crippen molar-refractivity contribution in [2.24, 2.45) is 5.92 Å². The zero-order chi connectivity index (χ0) is 20.3. The molecule has 1 saturated heterocycles. The van der Waals surface area contributed by atoms with E-state index in [1.54, 1.807) is 17.0 Å². The Labute approximate surface area is 165 Å². The average molecular weight is 406 g/mol. The lowest BCUT2D eigenvalue weighted by Gasteiger charge is -2.16. The van der Waals surface area contributed by atoms with Crippen molar-refractivity contribution in [3.63, 3.8) is 0 Å². The summed E-state index contributed by atoms with van der Waals surface area (Å²) in [6.45, 7) is 0.671. The molecule has 0 bridgehead atoms. The minimum atomic E-state index is -0.581. The fourth-order valence-electron chi connectivity index (χ4n) is 3.04. The van der Waals surface area contributed by atoms with Crippen LogP contribution in [0.15, 0.2) is 42.5 Å². The number of nitro groups is 1. The molecule has 0 spiro atoms. The molecule has 0 saturated carbocycles. The summed E-state index contributed by atoms with van der Waals surface area (Å²) in [5.41, 5.74) is 0.840. The van der Waals surface area contributed by atoms with Gasteiger partial charge in [-0.25, -0.2) is 4.39 Å². The first-order valence-corrected chi connectivity index (χ1v) is 8.98. The molecule has 0 radical (unpaired) electrons. The largest absolute Gasteiger partial charge is 0.342 e. The number of halogens is 2. The number of likely N-dealkylation sites (tertiary alicyclic amines) is 1. The number of non-ortho nitro benzene ring substituents is 1. The molecule has 0 unspecified atom stereocenters. The molecule has 7 nitrogen and oxygen atoms in total. The number of anilines is 1. The van der Waals surface area contributed by atoms with Crippen molar-refractivity contribution < 1.29 is 18.9 Å². The number of hydrogen-bond acceptors (Lipinski definition) is 4. The summed E-state index contributed by atoms with van der Waals surface area (Å²) in [5.74, 6) is -1.46. The Balaban J connectivity index is 1.60. The van der Waals surface area contributed by atoms with Crippen LogP contribution in [-0.2, 0) is 16.0 Å². The Hall–Kier alpha value is -3.00. The van der Waals surface area contributed by atoms with E-state index < -0.39 is 16.7 Å². The molecule has 28 heavy (non-hydrogen) atoms. The van der Waals surface area contributed by atoms with Gasteiger partial charge in [0.05, 0.1) is 21.6 Å². The van der Waals surface area contributed by atoms with E-state index in [2.05, 4.69) is 5.32 Å². The number of carbonyl (C=O) groups excluding carboxylic acids is 2. The number of rotatable bonds is 6. The molecular formula is C19H17ClFN3O4. The number of hydrogen-bond donors (Lipinski definition) is 1.